The average Bonchev–Trinajstić information content (AvgIpc) is 2.27. The fraction of sp³-hybridized carbons (Fsp3) is 0.500. The van der Waals surface area contributed by atoms with Crippen LogP contribution in [0.5, 0.6) is 0 Å². The summed E-state index contributed by atoms with van der Waals surface area (Å²) in [5, 5.41) is 10.9. The predicted molar refractivity (Wildman–Crippen MR) is 68.2 cm³/mol. The molecule has 3 N–H and O–H groups in total. The first-order valence-corrected chi connectivity index (χ1v) is 5.88. The molecule has 0 saturated heterocycles. The highest BCUT2D eigenvalue weighted by Gasteiger charge is 2.21. The fourth-order valence-corrected chi connectivity index (χ4v) is 1.48. The van der Waals surface area contributed by atoms with Crippen molar-refractivity contribution in [2.24, 2.45) is 0 Å². The Labute approximate surface area is 110 Å². The van der Waals surface area contributed by atoms with E-state index in [1.807, 2.05) is 13.8 Å². The normalized spacial score (nSPS) is 12.3. The lowest BCUT2D eigenvalue weighted by atomic mass is 10.1. The van der Waals surface area contributed by atoms with E-state index in [9.17, 15) is 14.4 Å². The molecule has 1 amide bonds. The number of carboxylic acid groups (broad SMARTS) is 1. The van der Waals surface area contributed by atoms with Gasteiger partial charge in [-0.15, -0.1) is 0 Å². The Morgan fingerprint density at radius 3 is 2.32 bits per heavy atom. The second-order valence-electron chi connectivity index (χ2n) is 4.60. The molecule has 0 aliphatic rings. The summed E-state index contributed by atoms with van der Waals surface area (Å²) in [4.78, 5) is 41.0. The molecule has 19 heavy (non-hydrogen) atoms. The molecule has 0 unspecified atom stereocenters. The lowest BCUT2D eigenvalue weighted by molar-refractivity contribution is -0.138. The van der Waals surface area contributed by atoms with Crippen LogP contribution in [-0.2, 0) is 4.79 Å². The van der Waals surface area contributed by atoms with Gasteiger partial charge in [0.25, 0.3) is 11.5 Å². The van der Waals surface area contributed by atoms with Gasteiger partial charge in [-0.05, 0) is 13.8 Å². The number of H-pyrrole nitrogens is 1. The Hall–Kier alpha value is -2.18. The second-order valence-corrected chi connectivity index (χ2v) is 4.60. The molecule has 104 valence electrons. The van der Waals surface area contributed by atoms with Gasteiger partial charge in [0.2, 0.25) is 0 Å². The summed E-state index contributed by atoms with van der Waals surface area (Å²) in [6.45, 7) is 6.59. The first-order valence-electron chi connectivity index (χ1n) is 5.88. The summed E-state index contributed by atoms with van der Waals surface area (Å²) < 4.78 is 0. The molecule has 0 aliphatic carbocycles. The molecule has 7 nitrogen and oxygen atoms in total. The highest BCUT2D eigenvalue weighted by Crippen LogP contribution is 2.08. The van der Waals surface area contributed by atoms with Crippen LogP contribution in [0.2, 0.25) is 0 Å². The number of carboxylic acids is 1. The van der Waals surface area contributed by atoms with Crippen LogP contribution < -0.4 is 10.9 Å². The van der Waals surface area contributed by atoms with Gasteiger partial charge >= 0.3 is 5.97 Å². The Kier molecular flexibility index (Phi) is 4.42. The minimum absolute atomic E-state index is 0.0291. The topological polar surface area (TPSA) is 112 Å². The summed E-state index contributed by atoms with van der Waals surface area (Å²) in [5.41, 5.74) is -0.439. The predicted octanol–water partition coefficient (Wildman–Crippen LogP) is 0.405. The van der Waals surface area contributed by atoms with Crippen molar-refractivity contribution in [1.82, 2.24) is 15.3 Å². The highest BCUT2D eigenvalue weighted by atomic mass is 16.4. The summed E-state index contributed by atoms with van der Waals surface area (Å²) in [7, 11) is 0. The van der Waals surface area contributed by atoms with Crippen LogP contribution >= 0.6 is 0 Å². The van der Waals surface area contributed by atoms with Crippen LogP contribution in [0.1, 0.15) is 48.6 Å². The van der Waals surface area contributed by atoms with E-state index < -0.39 is 23.5 Å². The minimum atomic E-state index is -1.17. The highest BCUT2D eigenvalue weighted by molar-refractivity contribution is 5.97. The van der Waals surface area contributed by atoms with Crippen LogP contribution in [0.3, 0.4) is 0 Å². The minimum Gasteiger partial charge on any atom is -0.480 e. The molecular formula is C12H17N3O4. The van der Waals surface area contributed by atoms with Gasteiger partial charge in [0.15, 0.2) is 0 Å². The van der Waals surface area contributed by atoms with Crippen molar-refractivity contribution in [2.75, 3.05) is 0 Å². The quantitative estimate of drug-likeness (QED) is 0.731. The van der Waals surface area contributed by atoms with Gasteiger partial charge in [-0.3, -0.25) is 14.4 Å². The van der Waals surface area contributed by atoms with Crippen LogP contribution in [0, 0.1) is 6.92 Å². The van der Waals surface area contributed by atoms with E-state index in [0.717, 1.165) is 0 Å². The van der Waals surface area contributed by atoms with E-state index in [4.69, 9.17) is 5.11 Å². The Morgan fingerprint density at radius 2 is 1.89 bits per heavy atom. The Morgan fingerprint density at radius 1 is 1.32 bits per heavy atom. The van der Waals surface area contributed by atoms with Gasteiger partial charge in [-0.2, -0.15) is 0 Å². The molecule has 0 spiro atoms. The van der Waals surface area contributed by atoms with Crippen molar-refractivity contribution < 1.29 is 14.7 Å². The number of aromatic nitrogens is 2. The summed E-state index contributed by atoms with van der Waals surface area (Å²) in [5.74, 6) is -1.39. The maximum Gasteiger partial charge on any atom is 0.325 e. The summed E-state index contributed by atoms with van der Waals surface area (Å²) >= 11 is 0. The lowest BCUT2D eigenvalue weighted by Crippen LogP contribution is -2.41. The maximum atomic E-state index is 11.9. The van der Waals surface area contributed by atoms with E-state index in [0.29, 0.717) is 5.82 Å². The molecule has 0 saturated carbocycles. The number of nitrogens with one attached hydrogen (secondary N) is 2. The van der Waals surface area contributed by atoms with Gasteiger partial charge in [0.1, 0.15) is 17.4 Å². The van der Waals surface area contributed by atoms with Gasteiger partial charge in [-0.1, -0.05) is 13.8 Å². The molecular weight excluding hydrogens is 250 g/mol. The summed E-state index contributed by atoms with van der Waals surface area (Å²) in [6, 6.07) is -1.07. The molecule has 0 aromatic carbocycles. The van der Waals surface area contributed by atoms with E-state index in [2.05, 4.69) is 15.3 Å². The smallest absolute Gasteiger partial charge is 0.325 e. The zero-order valence-corrected chi connectivity index (χ0v) is 11.3. The van der Waals surface area contributed by atoms with Crippen LogP contribution in [0.15, 0.2) is 4.79 Å². The molecule has 0 radical (unpaired) electrons. The van der Waals surface area contributed by atoms with Crippen molar-refractivity contribution in [3.8, 4) is 0 Å². The monoisotopic (exact) mass is 267 g/mol. The number of hydrogen-bond donors (Lipinski definition) is 3. The molecule has 7 heteroatoms. The van der Waals surface area contributed by atoms with Crippen molar-refractivity contribution >= 4 is 11.9 Å². The third kappa shape index (κ3) is 3.40. The molecule has 1 rings (SSSR count). The van der Waals surface area contributed by atoms with Gasteiger partial charge in [0.05, 0.1) is 5.69 Å². The van der Waals surface area contributed by atoms with Crippen molar-refractivity contribution in [1.29, 1.82) is 0 Å². The van der Waals surface area contributed by atoms with Crippen molar-refractivity contribution in [2.45, 2.75) is 39.7 Å². The largest absolute Gasteiger partial charge is 0.480 e. The van der Waals surface area contributed by atoms with E-state index in [-0.39, 0.29) is 17.2 Å². The van der Waals surface area contributed by atoms with Crippen molar-refractivity contribution in [3.63, 3.8) is 0 Å². The molecule has 1 aromatic rings. The van der Waals surface area contributed by atoms with Crippen LogP contribution in [0.4, 0.5) is 0 Å². The van der Waals surface area contributed by atoms with Crippen LogP contribution in [0.25, 0.3) is 0 Å². The molecule has 0 aliphatic heterocycles. The number of amides is 1. The first-order chi connectivity index (χ1) is 8.73. The SMILES string of the molecule is Cc1nc(C(C)C)[nH]c(=O)c1C(=O)N[C@H](C)C(=O)O. The number of carbonyl (C=O) groups is 2. The zero-order chi connectivity index (χ0) is 14.7. The standard InChI is InChI=1S/C12H17N3O4/c1-5(2)9-13-6(3)8(11(17)15-9)10(16)14-7(4)12(18)19/h5,7H,1-4H3,(H,14,16)(H,18,19)(H,13,15,17)/t7-/m1/s1. The average molecular weight is 267 g/mol. The second kappa shape index (κ2) is 5.64. The Balaban J connectivity index is 3.12. The van der Waals surface area contributed by atoms with E-state index >= 15 is 0 Å². The van der Waals surface area contributed by atoms with Crippen molar-refractivity contribution in [3.05, 3.63) is 27.4 Å². The lowest BCUT2D eigenvalue weighted by Gasteiger charge is -2.11. The maximum absolute atomic E-state index is 11.9. The molecule has 1 aromatic heterocycles. The number of aliphatic carboxylic acids is 1. The number of rotatable bonds is 4. The summed E-state index contributed by atoms with van der Waals surface area (Å²) in [6.07, 6.45) is 0. The number of aromatic amines is 1. The van der Waals surface area contributed by atoms with E-state index in [1.165, 1.54) is 6.92 Å². The Bertz CT molecular complexity index is 563. The molecule has 0 bridgehead atoms. The van der Waals surface area contributed by atoms with Crippen LogP contribution in [-0.4, -0.2) is 33.0 Å². The van der Waals surface area contributed by atoms with Gasteiger partial charge < -0.3 is 15.4 Å². The number of aryl methyl sites for hydroxylation is 1. The van der Waals surface area contributed by atoms with Gasteiger partial charge in [-0.25, -0.2) is 4.98 Å². The molecule has 1 heterocycles. The zero-order valence-electron chi connectivity index (χ0n) is 11.3. The fourth-order valence-electron chi connectivity index (χ4n) is 1.48. The number of nitrogens with zero attached hydrogens (tertiary/aromatic N) is 1. The number of hydrogen-bond acceptors (Lipinski definition) is 4. The third-order valence-corrected chi connectivity index (χ3v) is 2.61. The molecule has 0 fully saturated rings. The number of carbonyl (C=O) groups excluding carboxylic acids is 1. The van der Waals surface area contributed by atoms with E-state index in [1.54, 1.807) is 6.92 Å². The third-order valence-electron chi connectivity index (χ3n) is 2.61. The van der Waals surface area contributed by atoms with Gasteiger partial charge in [0, 0.05) is 5.92 Å². The first kappa shape index (κ1) is 14.9. The molecule has 1 atom stereocenters.